The summed E-state index contributed by atoms with van der Waals surface area (Å²) in [5, 5.41) is 16.7. The maximum Gasteiger partial charge on any atom is 0.338 e. The van der Waals surface area contributed by atoms with Gasteiger partial charge in [0.1, 0.15) is 12.4 Å². The van der Waals surface area contributed by atoms with E-state index in [-0.39, 0.29) is 24.9 Å². The fraction of sp³-hybridized carbons (Fsp3) is 0.333. The van der Waals surface area contributed by atoms with Crippen LogP contribution in [0.2, 0.25) is 0 Å². The number of ether oxygens (including phenoxy) is 3. The van der Waals surface area contributed by atoms with Crippen molar-refractivity contribution in [1.82, 2.24) is 0 Å². The number of aliphatic hydroxyl groups is 1. The molecular weight excluding hydrogens is 274 g/mol. The Hall–Kier alpha value is -1.79. The van der Waals surface area contributed by atoms with Gasteiger partial charge >= 0.3 is 5.97 Å². The second-order valence-electron chi connectivity index (χ2n) is 3.41. The van der Waals surface area contributed by atoms with Crippen LogP contribution in [0, 0.1) is 5.41 Å². The summed E-state index contributed by atoms with van der Waals surface area (Å²) in [7, 11) is 2.61. The summed E-state index contributed by atoms with van der Waals surface area (Å²) in [5.74, 6) is -0.213. The van der Waals surface area contributed by atoms with Gasteiger partial charge in [-0.3, -0.25) is 5.41 Å². The van der Waals surface area contributed by atoms with Crippen LogP contribution in [-0.2, 0) is 14.3 Å². The maximum atomic E-state index is 10.9. The Balaban J connectivity index is 0.00000324. The zero-order valence-electron chi connectivity index (χ0n) is 10.6. The lowest BCUT2D eigenvalue weighted by atomic mass is 10.2. The highest BCUT2D eigenvalue weighted by Gasteiger charge is 2.15. The second kappa shape index (κ2) is 8.34. The molecule has 1 aromatic carbocycles. The Labute approximate surface area is 117 Å². The molecule has 0 fully saturated rings. The zero-order chi connectivity index (χ0) is 13.5. The summed E-state index contributed by atoms with van der Waals surface area (Å²) >= 11 is 0. The zero-order valence-corrected chi connectivity index (χ0v) is 11.4. The first-order valence-electron chi connectivity index (χ1n) is 5.20. The topological polar surface area (TPSA) is 88.8 Å². The Kier molecular flexibility index (Phi) is 7.55. The van der Waals surface area contributed by atoms with Gasteiger partial charge in [0.25, 0.3) is 0 Å². The van der Waals surface area contributed by atoms with E-state index in [1.165, 1.54) is 14.2 Å². The number of nitrogens with one attached hydrogen (secondary N) is 1. The van der Waals surface area contributed by atoms with Gasteiger partial charge in [-0.05, 0) is 24.3 Å². The molecule has 6 nitrogen and oxygen atoms in total. The van der Waals surface area contributed by atoms with Crippen molar-refractivity contribution < 1.29 is 24.1 Å². The molecule has 1 atom stereocenters. The smallest absolute Gasteiger partial charge is 0.338 e. The third kappa shape index (κ3) is 5.15. The number of rotatable bonds is 5. The van der Waals surface area contributed by atoms with Crippen molar-refractivity contribution in [1.29, 1.82) is 5.41 Å². The molecule has 0 heterocycles. The SMILES string of the molecule is COC(=N)c1ccc(OCC(O)C(=O)OC)cc1.Cl. The lowest BCUT2D eigenvalue weighted by Gasteiger charge is -2.10. The van der Waals surface area contributed by atoms with E-state index < -0.39 is 12.1 Å². The molecule has 0 saturated carbocycles. The number of hydrogen-bond donors (Lipinski definition) is 2. The minimum Gasteiger partial charge on any atom is -0.490 e. The number of hydrogen-bond acceptors (Lipinski definition) is 6. The van der Waals surface area contributed by atoms with Crippen molar-refractivity contribution in [2.75, 3.05) is 20.8 Å². The van der Waals surface area contributed by atoms with E-state index in [4.69, 9.17) is 14.9 Å². The molecule has 1 aromatic rings. The molecule has 0 amide bonds. The first-order valence-corrected chi connectivity index (χ1v) is 5.20. The van der Waals surface area contributed by atoms with Crippen LogP contribution in [0.4, 0.5) is 0 Å². The molecule has 1 unspecified atom stereocenters. The number of carbonyl (C=O) groups is 1. The fourth-order valence-corrected chi connectivity index (χ4v) is 1.20. The number of benzene rings is 1. The van der Waals surface area contributed by atoms with Gasteiger partial charge in [0.15, 0.2) is 6.10 Å². The Bertz CT molecular complexity index is 421. The lowest BCUT2D eigenvalue weighted by Crippen LogP contribution is -2.28. The molecule has 0 radical (unpaired) electrons. The van der Waals surface area contributed by atoms with Crippen molar-refractivity contribution in [3.8, 4) is 5.75 Å². The van der Waals surface area contributed by atoms with Gasteiger partial charge < -0.3 is 19.3 Å². The van der Waals surface area contributed by atoms with Crippen LogP contribution in [0.15, 0.2) is 24.3 Å². The van der Waals surface area contributed by atoms with Crippen molar-refractivity contribution in [2.45, 2.75) is 6.10 Å². The summed E-state index contributed by atoms with van der Waals surface area (Å²) in [6.45, 7) is -0.187. The summed E-state index contributed by atoms with van der Waals surface area (Å²) in [4.78, 5) is 10.9. The van der Waals surface area contributed by atoms with Crippen molar-refractivity contribution in [3.63, 3.8) is 0 Å². The van der Waals surface area contributed by atoms with Crippen molar-refractivity contribution in [2.24, 2.45) is 0 Å². The quantitative estimate of drug-likeness (QED) is 0.479. The molecule has 0 aromatic heterocycles. The highest BCUT2D eigenvalue weighted by Crippen LogP contribution is 2.13. The Morgan fingerprint density at radius 1 is 1.26 bits per heavy atom. The fourth-order valence-electron chi connectivity index (χ4n) is 1.20. The van der Waals surface area contributed by atoms with E-state index >= 15 is 0 Å². The van der Waals surface area contributed by atoms with Gasteiger partial charge in [0.05, 0.1) is 14.2 Å². The number of aliphatic hydroxyl groups excluding tert-OH is 1. The van der Waals surface area contributed by atoms with Gasteiger partial charge in [0.2, 0.25) is 5.90 Å². The molecular formula is C12H16ClNO5. The van der Waals surface area contributed by atoms with E-state index in [2.05, 4.69) is 4.74 Å². The molecule has 19 heavy (non-hydrogen) atoms. The molecule has 0 bridgehead atoms. The third-order valence-corrected chi connectivity index (χ3v) is 2.20. The molecule has 0 aliphatic rings. The largest absolute Gasteiger partial charge is 0.490 e. The number of esters is 1. The van der Waals surface area contributed by atoms with Crippen LogP contribution in [0.5, 0.6) is 5.75 Å². The molecule has 106 valence electrons. The van der Waals surface area contributed by atoms with E-state index in [1.54, 1.807) is 24.3 Å². The number of halogens is 1. The standard InChI is InChI=1S/C12H15NO5.ClH/c1-16-11(13)8-3-5-9(6-4-8)18-7-10(14)12(15)17-2;/h3-6,10,13-14H,7H2,1-2H3;1H. The van der Waals surface area contributed by atoms with Gasteiger partial charge in [-0.2, -0.15) is 0 Å². The molecule has 0 aliphatic carbocycles. The van der Waals surface area contributed by atoms with Gasteiger partial charge in [0, 0.05) is 5.56 Å². The summed E-state index contributed by atoms with van der Waals surface area (Å²) in [6, 6.07) is 6.52. The van der Waals surface area contributed by atoms with Crippen LogP contribution in [0.25, 0.3) is 0 Å². The van der Waals surface area contributed by atoms with Crippen LogP contribution >= 0.6 is 12.4 Å². The van der Waals surface area contributed by atoms with E-state index in [0.717, 1.165) is 0 Å². The average molecular weight is 290 g/mol. The summed E-state index contributed by atoms with van der Waals surface area (Å²) in [6.07, 6.45) is -1.31. The first kappa shape index (κ1) is 17.2. The molecule has 2 N–H and O–H groups in total. The predicted octanol–water partition coefficient (Wildman–Crippen LogP) is 0.993. The minimum atomic E-state index is -1.31. The monoisotopic (exact) mass is 289 g/mol. The van der Waals surface area contributed by atoms with Crippen LogP contribution in [0.3, 0.4) is 0 Å². The average Bonchev–Trinajstić information content (AvgIpc) is 2.43. The Morgan fingerprint density at radius 3 is 2.32 bits per heavy atom. The summed E-state index contributed by atoms with van der Waals surface area (Å²) in [5.41, 5.74) is 0.610. The van der Waals surface area contributed by atoms with E-state index in [9.17, 15) is 9.90 Å². The van der Waals surface area contributed by atoms with Crippen molar-refractivity contribution in [3.05, 3.63) is 29.8 Å². The summed E-state index contributed by atoms with van der Waals surface area (Å²) < 4.78 is 14.3. The molecule has 0 spiro atoms. The second-order valence-corrected chi connectivity index (χ2v) is 3.41. The normalized spacial score (nSPS) is 10.9. The Morgan fingerprint density at radius 2 is 1.84 bits per heavy atom. The number of methoxy groups -OCH3 is 2. The first-order chi connectivity index (χ1) is 8.58. The van der Waals surface area contributed by atoms with Crippen molar-refractivity contribution >= 4 is 24.3 Å². The van der Waals surface area contributed by atoms with E-state index in [0.29, 0.717) is 11.3 Å². The van der Waals surface area contributed by atoms with Crippen LogP contribution in [0.1, 0.15) is 5.56 Å². The predicted molar refractivity (Wildman–Crippen MR) is 71.0 cm³/mol. The number of carbonyl (C=O) groups excluding carboxylic acids is 1. The molecule has 0 aliphatic heterocycles. The van der Waals surface area contributed by atoms with Gasteiger partial charge in [-0.25, -0.2) is 4.79 Å². The highest BCUT2D eigenvalue weighted by molar-refractivity contribution is 5.91. The van der Waals surface area contributed by atoms with Crippen LogP contribution in [-0.4, -0.2) is 43.9 Å². The highest BCUT2D eigenvalue weighted by atomic mass is 35.5. The van der Waals surface area contributed by atoms with Gasteiger partial charge in [-0.15, -0.1) is 12.4 Å². The lowest BCUT2D eigenvalue weighted by molar-refractivity contribution is -0.151. The van der Waals surface area contributed by atoms with E-state index in [1.807, 2.05) is 0 Å². The third-order valence-electron chi connectivity index (χ3n) is 2.20. The minimum absolute atomic E-state index is 0. The van der Waals surface area contributed by atoms with Crippen LogP contribution < -0.4 is 4.74 Å². The maximum absolute atomic E-state index is 10.9. The molecule has 0 saturated heterocycles. The van der Waals surface area contributed by atoms with Gasteiger partial charge in [-0.1, -0.05) is 0 Å². The molecule has 1 rings (SSSR count). The molecule has 7 heteroatoms.